The molecule has 0 spiro atoms. The molecule has 4 rings (SSSR count). The van der Waals surface area contributed by atoms with Crippen LogP contribution in [0.15, 0.2) is 39.4 Å². The summed E-state index contributed by atoms with van der Waals surface area (Å²) in [5.41, 5.74) is 6.79. The Balaban J connectivity index is 1.80. The second kappa shape index (κ2) is 7.12. The average molecular weight is 425 g/mol. The van der Waals surface area contributed by atoms with Gasteiger partial charge in [-0.2, -0.15) is 0 Å². The van der Waals surface area contributed by atoms with Crippen LogP contribution in [-0.4, -0.2) is 30.5 Å². The number of allylic oxidation sites excluding steroid dienone is 1. The van der Waals surface area contributed by atoms with Crippen LogP contribution in [0.5, 0.6) is 0 Å². The SMILES string of the molecule is COC1=CC(=C2SC(=O)NC2=O)CN=C1c1cc2c(cc1C)C(C)(C)CCC2(C)C. The maximum atomic E-state index is 12.0. The van der Waals surface area contributed by atoms with Gasteiger partial charge in [0, 0.05) is 5.56 Å². The summed E-state index contributed by atoms with van der Waals surface area (Å²) in [5, 5.41) is 1.96. The summed E-state index contributed by atoms with van der Waals surface area (Å²) in [4.78, 5) is 28.8. The van der Waals surface area contributed by atoms with Crippen molar-refractivity contribution in [3.63, 3.8) is 0 Å². The summed E-state index contributed by atoms with van der Waals surface area (Å²) >= 11 is 0.922. The molecule has 0 aromatic heterocycles. The highest BCUT2D eigenvalue weighted by Gasteiger charge is 2.38. The zero-order valence-electron chi connectivity index (χ0n) is 18.4. The van der Waals surface area contributed by atoms with Gasteiger partial charge in [-0.25, -0.2) is 0 Å². The minimum Gasteiger partial charge on any atom is -0.494 e. The van der Waals surface area contributed by atoms with Crippen LogP contribution in [0.25, 0.3) is 0 Å². The highest BCUT2D eigenvalue weighted by Crippen LogP contribution is 2.47. The van der Waals surface area contributed by atoms with Crippen LogP contribution in [0.3, 0.4) is 0 Å². The van der Waals surface area contributed by atoms with Gasteiger partial charge in [0.25, 0.3) is 11.1 Å². The van der Waals surface area contributed by atoms with E-state index in [4.69, 9.17) is 9.73 Å². The Kier molecular flexibility index (Phi) is 4.96. The molecule has 1 N–H and O–H groups in total. The van der Waals surface area contributed by atoms with Crippen LogP contribution < -0.4 is 5.32 Å². The highest BCUT2D eigenvalue weighted by molar-refractivity contribution is 8.18. The van der Waals surface area contributed by atoms with Crippen molar-refractivity contribution < 1.29 is 14.3 Å². The van der Waals surface area contributed by atoms with Crippen molar-refractivity contribution >= 4 is 28.6 Å². The number of methoxy groups -OCH3 is 1. The molecule has 1 aromatic rings. The van der Waals surface area contributed by atoms with E-state index in [1.807, 2.05) is 6.08 Å². The van der Waals surface area contributed by atoms with Crippen LogP contribution in [-0.2, 0) is 20.4 Å². The molecule has 0 saturated carbocycles. The number of rotatable bonds is 2. The first-order chi connectivity index (χ1) is 14.0. The number of dihydropyridines is 1. The van der Waals surface area contributed by atoms with E-state index in [0.29, 0.717) is 22.8 Å². The molecule has 30 heavy (non-hydrogen) atoms. The molecule has 0 radical (unpaired) electrons. The number of aliphatic imine (C=N–C) groups is 1. The third-order valence-electron chi connectivity index (χ3n) is 6.53. The molecule has 158 valence electrons. The lowest BCUT2D eigenvalue weighted by Crippen LogP contribution is -2.34. The monoisotopic (exact) mass is 424 g/mol. The van der Waals surface area contributed by atoms with Crippen molar-refractivity contribution in [3.8, 4) is 0 Å². The standard InChI is InChI=1S/C24H28N2O3S/c1-13-9-16-17(24(4,5)8-7-23(16,2)3)11-15(13)19-18(29-6)10-14(12-25-19)20-21(27)26-22(28)30-20/h9-11H,7-8,12H2,1-6H3,(H,26,27,28). The fraction of sp³-hybridized carbons (Fsp3) is 0.458. The predicted molar refractivity (Wildman–Crippen MR) is 121 cm³/mol. The summed E-state index contributed by atoms with van der Waals surface area (Å²) < 4.78 is 5.67. The molecule has 1 saturated heterocycles. The normalized spacial score (nSPS) is 24.7. The van der Waals surface area contributed by atoms with Gasteiger partial charge in [0.2, 0.25) is 0 Å². The third kappa shape index (κ3) is 3.41. The van der Waals surface area contributed by atoms with Gasteiger partial charge in [-0.1, -0.05) is 33.8 Å². The number of nitrogens with zero attached hydrogens (tertiary/aromatic N) is 1. The second-order valence-electron chi connectivity index (χ2n) is 9.56. The maximum Gasteiger partial charge on any atom is 0.290 e. The van der Waals surface area contributed by atoms with Crippen molar-refractivity contribution in [2.75, 3.05) is 13.7 Å². The smallest absolute Gasteiger partial charge is 0.290 e. The van der Waals surface area contributed by atoms with E-state index < -0.39 is 0 Å². The molecule has 1 aliphatic carbocycles. The van der Waals surface area contributed by atoms with E-state index in [2.05, 4.69) is 52.1 Å². The number of ether oxygens (including phenoxy) is 1. The highest BCUT2D eigenvalue weighted by atomic mass is 32.2. The molecule has 0 atom stereocenters. The number of carbonyl (C=O) groups excluding carboxylic acids is 2. The number of fused-ring (bicyclic) bond motifs is 1. The van der Waals surface area contributed by atoms with Crippen molar-refractivity contribution in [1.29, 1.82) is 0 Å². The molecule has 0 bridgehead atoms. The molecule has 1 aromatic carbocycles. The van der Waals surface area contributed by atoms with Crippen LogP contribution in [0.4, 0.5) is 4.79 Å². The Labute approximate surface area is 182 Å². The van der Waals surface area contributed by atoms with Crippen LogP contribution in [0.2, 0.25) is 0 Å². The molecule has 1 fully saturated rings. The number of thioether (sulfide) groups is 1. The largest absolute Gasteiger partial charge is 0.494 e. The van der Waals surface area contributed by atoms with Crippen LogP contribution in [0.1, 0.15) is 62.8 Å². The Morgan fingerprint density at radius 2 is 1.70 bits per heavy atom. The number of amides is 2. The van der Waals surface area contributed by atoms with Gasteiger partial charge in [-0.15, -0.1) is 0 Å². The van der Waals surface area contributed by atoms with E-state index >= 15 is 0 Å². The quantitative estimate of drug-likeness (QED) is 0.685. The first-order valence-corrected chi connectivity index (χ1v) is 11.1. The number of imide groups is 1. The number of benzene rings is 1. The van der Waals surface area contributed by atoms with Gasteiger partial charge in [0.05, 0.1) is 18.6 Å². The topological polar surface area (TPSA) is 67.8 Å². The van der Waals surface area contributed by atoms with E-state index in [1.54, 1.807) is 7.11 Å². The zero-order chi connectivity index (χ0) is 21.8. The fourth-order valence-electron chi connectivity index (χ4n) is 4.53. The minimum atomic E-state index is -0.362. The third-order valence-corrected chi connectivity index (χ3v) is 7.47. The summed E-state index contributed by atoms with van der Waals surface area (Å²) in [6.07, 6.45) is 4.16. The lowest BCUT2D eigenvalue weighted by Gasteiger charge is -2.42. The summed E-state index contributed by atoms with van der Waals surface area (Å²) in [6.45, 7) is 11.7. The van der Waals surface area contributed by atoms with Gasteiger partial charge in [-0.3, -0.25) is 19.9 Å². The minimum absolute atomic E-state index is 0.103. The van der Waals surface area contributed by atoms with Crippen molar-refractivity contribution in [1.82, 2.24) is 5.32 Å². The Morgan fingerprint density at radius 1 is 1.07 bits per heavy atom. The van der Waals surface area contributed by atoms with Gasteiger partial charge in [-0.05, 0) is 76.8 Å². The molecular weight excluding hydrogens is 396 g/mol. The zero-order valence-corrected chi connectivity index (χ0v) is 19.3. The summed E-state index contributed by atoms with van der Waals surface area (Å²) in [6, 6.07) is 4.60. The molecule has 6 heteroatoms. The van der Waals surface area contributed by atoms with Crippen molar-refractivity contribution in [2.24, 2.45) is 4.99 Å². The first-order valence-electron chi connectivity index (χ1n) is 10.3. The van der Waals surface area contributed by atoms with E-state index in [-0.39, 0.29) is 22.0 Å². The molecule has 5 nitrogen and oxygen atoms in total. The molecule has 2 heterocycles. The van der Waals surface area contributed by atoms with Gasteiger partial charge in [0.1, 0.15) is 11.5 Å². The van der Waals surface area contributed by atoms with Gasteiger partial charge < -0.3 is 4.74 Å². The number of nitrogens with one attached hydrogen (secondary N) is 1. The number of carbonyl (C=O) groups is 2. The van der Waals surface area contributed by atoms with Crippen LogP contribution >= 0.6 is 11.8 Å². The second-order valence-corrected chi connectivity index (χ2v) is 10.5. The lowest BCUT2D eigenvalue weighted by atomic mass is 9.62. The van der Waals surface area contributed by atoms with Crippen molar-refractivity contribution in [3.05, 3.63) is 56.7 Å². The van der Waals surface area contributed by atoms with Crippen LogP contribution in [0, 0.1) is 6.92 Å². The Morgan fingerprint density at radius 3 is 2.27 bits per heavy atom. The van der Waals surface area contributed by atoms with E-state index in [9.17, 15) is 9.59 Å². The maximum absolute atomic E-state index is 12.0. The van der Waals surface area contributed by atoms with E-state index in [0.717, 1.165) is 29.5 Å². The number of hydrogen-bond acceptors (Lipinski definition) is 5. The molecule has 2 aliphatic heterocycles. The number of aryl methyl sites for hydroxylation is 1. The Hall–Kier alpha value is -2.34. The first kappa shape index (κ1) is 20.9. The van der Waals surface area contributed by atoms with Gasteiger partial charge in [0.15, 0.2) is 0 Å². The molecule has 2 amide bonds. The van der Waals surface area contributed by atoms with Gasteiger partial charge >= 0.3 is 0 Å². The number of hydrogen-bond donors (Lipinski definition) is 1. The lowest BCUT2D eigenvalue weighted by molar-refractivity contribution is -0.115. The molecule has 0 unspecified atom stereocenters. The summed E-state index contributed by atoms with van der Waals surface area (Å²) in [7, 11) is 1.61. The molecular formula is C24H28N2O3S. The van der Waals surface area contributed by atoms with Crippen molar-refractivity contribution in [2.45, 2.75) is 58.3 Å². The Bertz CT molecular complexity index is 1060. The average Bonchev–Trinajstić information content (AvgIpc) is 3.03. The predicted octanol–water partition coefficient (Wildman–Crippen LogP) is 4.91. The molecule has 3 aliphatic rings. The summed E-state index contributed by atoms with van der Waals surface area (Å²) in [5.74, 6) is 0.256. The van der Waals surface area contributed by atoms with E-state index in [1.165, 1.54) is 23.1 Å². The fourth-order valence-corrected chi connectivity index (χ4v) is 5.26.